The number of hydrogen-bond acceptors (Lipinski definition) is 6. The molecule has 0 unspecified atom stereocenters. The summed E-state index contributed by atoms with van der Waals surface area (Å²) in [5.41, 5.74) is 0.942. The van der Waals surface area contributed by atoms with Crippen LogP contribution < -0.4 is 4.74 Å². The van der Waals surface area contributed by atoms with Crippen LogP contribution in [0.1, 0.15) is 46.7 Å². The summed E-state index contributed by atoms with van der Waals surface area (Å²) in [5.74, 6) is 0. The predicted octanol–water partition coefficient (Wildman–Crippen LogP) is 2.72. The van der Waals surface area contributed by atoms with E-state index in [1.54, 1.807) is 11.8 Å². The van der Waals surface area contributed by atoms with Crippen LogP contribution in [0.5, 0.6) is 6.01 Å². The molecule has 0 atom stereocenters. The molecule has 0 amide bonds. The van der Waals surface area contributed by atoms with E-state index >= 15 is 0 Å². The van der Waals surface area contributed by atoms with Crippen LogP contribution in [-0.4, -0.2) is 52.2 Å². The summed E-state index contributed by atoms with van der Waals surface area (Å²) in [6.07, 6.45) is 3.23. The fraction of sp³-hybridized carbons (Fsp3) is 0.692. The highest BCUT2D eigenvalue weighted by atomic mass is 32.5. The van der Waals surface area contributed by atoms with Gasteiger partial charge >= 0.3 is 19.4 Å². The standard InChI is InChI=1S/C8H12N2OS.C3H8.C2H6.2H3O3PS/c1-4-11-8-9-6(2)5-7(10-8)12-3;1-3-2;1-2;2*1-4(2,3)5/h5H,4H2,1-3H3;3H2,1-2H3;1-2H3;2*(H3,1,2,3,5). The summed E-state index contributed by atoms with van der Waals surface area (Å²) < 4.78 is 5.19. The average molecular weight is 487 g/mol. The summed E-state index contributed by atoms with van der Waals surface area (Å²) >= 11 is 8.80. The smallest absolute Gasteiger partial charge is 0.319 e. The second-order valence-electron chi connectivity index (χ2n) is 4.00. The summed E-state index contributed by atoms with van der Waals surface area (Å²) in [5, 5.41) is 0.950. The average Bonchev–Trinajstić information content (AvgIpc) is 2.46. The fourth-order valence-corrected chi connectivity index (χ4v) is 1.27. The molecule has 0 aliphatic heterocycles. The third kappa shape index (κ3) is 51.9. The highest BCUT2D eigenvalue weighted by Crippen LogP contribution is 2.27. The molecule has 9 nitrogen and oxygen atoms in total. The van der Waals surface area contributed by atoms with Crippen molar-refractivity contribution in [3.8, 4) is 6.01 Å². The Morgan fingerprint density at radius 1 is 0.963 bits per heavy atom. The van der Waals surface area contributed by atoms with Gasteiger partial charge in [0, 0.05) is 5.69 Å². The largest absolute Gasteiger partial charge is 0.464 e. The molecule has 6 N–H and O–H groups in total. The van der Waals surface area contributed by atoms with E-state index in [0.717, 1.165) is 10.7 Å². The lowest BCUT2D eigenvalue weighted by Crippen LogP contribution is -1.99. The first-order valence-electron chi connectivity index (χ1n) is 7.76. The van der Waals surface area contributed by atoms with Crippen LogP contribution in [-0.2, 0) is 23.6 Å². The van der Waals surface area contributed by atoms with Gasteiger partial charge in [-0.15, -0.1) is 11.8 Å². The molecule has 14 heteroatoms. The number of ether oxygens (including phenoxy) is 1. The number of aryl methyl sites for hydroxylation is 1. The maximum atomic E-state index is 7.56. The molecule has 0 spiro atoms. The fourth-order valence-electron chi connectivity index (χ4n) is 0.812. The molecule has 27 heavy (non-hydrogen) atoms. The lowest BCUT2D eigenvalue weighted by Gasteiger charge is -2.03. The van der Waals surface area contributed by atoms with Crippen molar-refractivity contribution < 1.29 is 34.1 Å². The van der Waals surface area contributed by atoms with Crippen molar-refractivity contribution in [2.45, 2.75) is 53.0 Å². The lowest BCUT2D eigenvalue weighted by atomic mass is 10.5. The zero-order valence-corrected chi connectivity index (χ0v) is 20.8. The first-order chi connectivity index (χ1) is 12.2. The van der Waals surface area contributed by atoms with Crippen LogP contribution in [0.4, 0.5) is 0 Å². The van der Waals surface area contributed by atoms with Crippen LogP contribution in [0.15, 0.2) is 11.1 Å². The Bertz CT molecular complexity index is 520. The van der Waals surface area contributed by atoms with Crippen molar-refractivity contribution in [3.63, 3.8) is 0 Å². The molecule has 0 saturated heterocycles. The molecule has 0 fully saturated rings. The van der Waals surface area contributed by atoms with Gasteiger partial charge in [0.2, 0.25) is 0 Å². The normalized spacial score (nSPS) is 9.67. The number of rotatable bonds is 3. The molecule has 1 heterocycles. The Balaban J connectivity index is -0.000000148. The molecule has 0 bridgehead atoms. The van der Waals surface area contributed by atoms with Gasteiger partial charge in [0.05, 0.1) is 6.61 Å². The molecule has 1 rings (SSSR count). The monoisotopic (exact) mass is 486 g/mol. The number of hydrogen-bond donors (Lipinski definition) is 6. The summed E-state index contributed by atoms with van der Waals surface area (Å²) in [6, 6.07) is 2.41. The Kier molecular flexibility index (Phi) is 27.1. The molecule has 0 radical (unpaired) electrons. The van der Waals surface area contributed by atoms with Gasteiger partial charge in [-0.2, -0.15) is 4.98 Å². The van der Waals surface area contributed by atoms with Crippen LogP contribution in [0.25, 0.3) is 0 Å². The lowest BCUT2D eigenvalue weighted by molar-refractivity contribution is 0.309. The van der Waals surface area contributed by atoms with Gasteiger partial charge in [-0.25, -0.2) is 4.98 Å². The molecule has 1 aromatic rings. The molecule has 1 aromatic heterocycles. The zero-order chi connectivity index (χ0) is 22.7. The number of aromatic nitrogens is 2. The van der Waals surface area contributed by atoms with Gasteiger partial charge in [0.15, 0.2) is 0 Å². The van der Waals surface area contributed by atoms with Gasteiger partial charge in [-0.3, -0.25) is 0 Å². The highest BCUT2D eigenvalue weighted by Gasteiger charge is 2.00. The van der Waals surface area contributed by atoms with E-state index in [4.69, 9.17) is 34.1 Å². The maximum Gasteiger partial charge on any atom is 0.319 e. The molecule has 164 valence electrons. The van der Waals surface area contributed by atoms with Gasteiger partial charge < -0.3 is 34.1 Å². The van der Waals surface area contributed by atoms with Gasteiger partial charge in [0.25, 0.3) is 0 Å². The molecule has 0 aliphatic carbocycles. The van der Waals surface area contributed by atoms with Crippen LogP contribution in [0.2, 0.25) is 0 Å². The van der Waals surface area contributed by atoms with E-state index in [0.29, 0.717) is 12.6 Å². The number of nitrogens with zero attached hydrogens (tertiary/aromatic N) is 2. The number of thioether (sulfide) groups is 1. The summed E-state index contributed by atoms with van der Waals surface area (Å²) in [7, 11) is 0. The van der Waals surface area contributed by atoms with E-state index in [2.05, 4.69) is 47.4 Å². The Morgan fingerprint density at radius 2 is 1.30 bits per heavy atom. The second kappa shape index (κ2) is 21.0. The first-order valence-corrected chi connectivity index (χ1v) is 14.3. The first kappa shape index (κ1) is 34.8. The SMILES string of the molecule is CC.CCC.CCOc1nc(C)cc(SC)n1.OP(O)(O)=S.OP(O)(O)=S. The molecule has 0 saturated carbocycles. The Hall–Kier alpha value is 0.290. The van der Waals surface area contributed by atoms with Gasteiger partial charge in [-0.05, 0) is 49.8 Å². The van der Waals surface area contributed by atoms with Crippen molar-refractivity contribution >= 4 is 48.8 Å². The third-order valence-electron chi connectivity index (χ3n) is 1.29. The minimum absolute atomic E-state index is 0.474. The minimum Gasteiger partial charge on any atom is -0.464 e. The quantitative estimate of drug-likeness (QED) is 0.211. The minimum atomic E-state index is -3.81. The van der Waals surface area contributed by atoms with E-state index in [1.165, 1.54) is 6.42 Å². The highest BCUT2D eigenvalue weighted by molar-refractivity contribution is 8.06. The van der Waals surface area contributed by atoms with E-state index in [1.807, 2.05) is 40.0 Å². The molecule has 0 aromatic carbocycles. The zero-order valence-electron chi connectivity index (χ0n) is 16.6. The third-order valence-corrected chi connectivity index (χ3v) is 1.92. The maximum absolute atomic E-state index is 7.56. The van der Waals surface area contributed by atoms with Crippen molar-refractivity contribution in [2.24, 2.45) is 0 Å². The predicted molar refractivity (Wildman–Crippen MR) is 119 cm³/mol. The van der Waals surface area contributed by atoms with Crippen LogP contribution >= 0.6 is 25.2 Å². The summed E-state index contributed by atoms with van der Waals surface area (Å²) in [6.45, 7) is 5.10. The Morgan fingerprint density at radius 3 is 1.56 bits per heavy atom. The summed E-state index contributed by atoms with van der Waals surface area (Å²) in [4.78, 5) is 53.6. The Labute approximate surface area is 176 Å². The topological polar surface area (TPSA) is 156 Å². The van der Waals surface area contributed by atoms with Crippen molar-refractivity contribution in [3.05, 3.63) is 11.8 Å². The van der Waals surface area contributed by atoms with Gasteiger partial charge in [-0.1, -0.05) is 34.1 Å². The van der Waals surface area contributed by atoms with E-state index in [9.17, 15) is 0 Å². The molecular formula is C13H32N2O7P2S3. The second-order valence-corrected chi connectivity index (χ2v) is 9.82. The van der Waals surface area contributed by atoms with Crippen molar-refractivity contribution in [1.82, 2.24) is 9.97 Å². The van der Waals surface area contributed by atoms with E-state index < -0.39 is 13.4 Å². The molecule has 0 aliphatic rings. The van der Waals surface area contributed by atoms with Crippen LogP contribution in [0, 0.1) is 6.92 Å². The van der Waals surface area contributed by atoms with Crippen molar-refractivity contribution in [2.75, 3.05) is 12.9 Å². The van der Waals surface area contributed by atoms with E-state index in [-0.39, 0.29) is 0 Å². The molecular weight excluding hydrogens is 454 g/mol. The van der Waals surface area contributed by atoms with Crippen LogP contribution in [0.3, 0.4) is 0 Å². The van der Waals surface area contributed by atoms with Crippen molar-refractivity contribution in [1.29, 1.82) is 0 Å². The van der Waals surface area contributed by atoms with Gasteiger partial charge in [0.1, 0.15) is 5.03 Å².